The molecule has 1 N–H and O–H groups in total. The average molecular weight is 180 g/mol. The summed E-state index contributed by atoms with van der Waals surface area (Å²) in [5.41, 5.74) is 0.258. The average Bonchev–Trinajstić information content (AvgIpc) is 2.63. The Bertz CT molecular complexity index is 404. The number of fused-ring (bicyclic) bond motifs is 1. The van der Waals surface area contributed by atoms with Gasteiger partial charge in [0.1, 0.15) is 5.52 Å². The topological polar surface area (TPSA) is 41.6 Å². The Morgan fingerprint density at radius 3 is 2.62 bits per heavy atom. The van der Waals surface area contributed by atoms with Crippen LogP contribution in [0.3, 0.4) is 0 Å². The molecule has 3 nitrogen and oxygen atoms in total. The lowest BCUT2D eigenvalue weighted by molar-refractivity contribution is 0.515. The van der Waals surface area contributed by atoms with Gasteiger partial charge in [-0.1, -0.05) is 7.74 Å². The summed E-state index contributed by atoms with van der Waals surface area (Å²) in [7, 11) is 5.00. The lowest BCUT2D eigenvalue weighted by Gasteiger charge is -1.89. The van der Waals surface area contributed by atoms with Gasteiger partial charge in [0, 0.05) is 0 Å². The lowest BCUT2D eigenvalue weighted by Crippen LogP contribution is -1.84. The first-order chi connectivity index (χ1) is 6.29. The van der Waals surface area contributed by atoms with Crippen molar-refractivity contribution in [2.45, 2.75) is 0 Å². The molecule has 0 spiro atoms. The van der Waals surface area contributed by atoms with Crippen molar-refractivity contribution in [1.29, 1.82) is 0 Å². The normalized spacial score (nSPS) is 9.46. The Hall–Kier alpha value is -1.39. The van der Waals surface area contributed by atoms with Gasteiger partial charge in [-0.15, -0.1) is 0 Å². The zero-order valence-electron chi connectivity index (χ0n) is 5.88. The minimum Gasteiger partial charge on any atom is -0.204 e. The Balaban J connectivity index is 0.000000396. The first kappa shape index (κ1) is 9.70. The first-order valence-electron chi connectivity index (χ1n) is 2.93. The van der Waals surface area contributed by atoms with E-state index < -0.39 is 11.6 Å². The van der Waals surface area contributed by atoms with Crippen molar-refractivity contribution in [3.8, 4) is 0 Å². The first-order valence-corrected chi connectivity index (χ1v) is 2.93. The largest absolute Gasteiger partial charge is 0.204 e. The number of halogens is 2. The van der Waals surface area contributed by atoms with Gasteiger partial charge in [-0.3, -0.25) is 0 Å². The van der Waals surface area contributed by atoms with Gasteiger partial charge < -0.3 is 0 Å². The molecule has 1 aromatic heterocycles. The molecular formula is C6H6B2F2N3-. The summed E-state index contributed by atoms with van der Waals surface area (Å²) >= 11 is 0. The minimum atomic E-state index is -0.962. The maximum absolute atomic E-state index is 12.7. The fourth-order valence-electron chi connectivity index (χ4n) is 0.855. The van der Waals surface area contributed by atoms with Crippen LogP contribution in [-0.4, -0.2) is 30.9 Å². The molecule has 2 radical (unpaired) electrons. The smallest absolute Gasteiger partial charge is 0.188 e. The van der Waals surface area contributed by atoms with Gasteiger partial charge in [0.15, 0.2) is 17.2 Å². The molecule has 0 saturated carbocycles. The van der Waals surface area contributed by atoms with E-state index in [2.05, 4.69) is 15.4 Å². The van der Waals surface area contributed by atoms with E-state index in [9.17, 15) is 8.78 Å². The molecule has 66 valence electrons. The molecular weight excluding hydrogens is 174 g/mol. The summed E-state index contributed by atoms with van der Waals surface area (Å²) in [6.45, 7) is 0. The van der Waals surface area contributed by atoms with Crippen LogP contribution >= 0.6 is 0 Å². The van der Waals surface area contributed by atoms with Gasteiger partial charge in [0.2, 0.25) is 0 Å². The quantitative estimate of drug-likeness (QED) is 0.563. The molecule has 1 aromatic carbocycles. The summed E-state index contributed by atoms with van der Waals surface area (Å²) in [6, 6.07) is 2.37. The van der Waals surface area contributed by atoms with Gasteiger partial charge in [-0.05, 0) is 12.1 Å². The van der Waals surface area contributed by atoms with Crippen LogP contribution in [0.25, 0.3) is 11.0 Å². The highest BCUT2D eigenvalue weighted by atomic mass is 19.2. The number of hydrogen-bond donors (Lipinski definition) is 1. The summed E-state index contributed by atoms with van der Waals surface area (Å²) in [6.07, 6.45) is 0. The van der Waals surface area contributed by atoms with Crippen molar-refractivity contribution in [3.05, 3.63) is 23.8 Å². The molecule has 0 atom stereocenters. The lowest BCUT2D eigenvalue weighted by atomic mass is 9.81. The van der Waals surface area contributed by atoms with Crippen LogP contribution in [0.4, 0.5) is 8.78 Å². The number of nitrogens with one attached hydrogen (secondary N) is 1. The monoisotopic (exact) mass is 180 g/mol. The van der Waals surface area contributed by atoms with Gasteiger partial charge in [0.05, 0.1) is 0 Å². The van der Waals surface area contributed by atoms with Crippen molar-refractivity contribution in [3.63, 3.8) is 0 Å². The summed E-state index contributed by atoms with van der Waals surface area (Å²) < 4.78 is 25.2. The molecule has 0 saturated heterocycles. The molecule has 1 heterocycles. The number of nitrogens with zero attached hydrogens (tertiary/aromatic N) is 2. The predicted octanol–water partition coefficient (Wildman–Crippen LogP) is -0.329. The maximum atomic E-state index is 12.7. The maximum Gasteiger partial charge on any atom is 0.188 e. The molecule has 13 heavy (non-hydrogen) atoms. The fraction of sp³-hybridized carbons (Fsp3) is 0. The number of H-pyrrole nitrogens is 1. The minimum absolute atomic E-state index is 0.0648. The Kier molecular flexibility index (Phi) is 3.00. The van der Waals surface area contributed by atoms with Gasteiger partial charge in [0.25, 0.3) is 0 Å². The van der Waals surface area contributed by atoms with Crippen LogP contribution in [0.2, 0.25) is 0 Å². The third-order valence-electron chi connectivity index (χ3n) is 1.38. The Morgan fingerprint density at radius 2 is 1.92 bits per heavy atom. The number of hydrogen-bond acceptors (Lipinski definition) is 2. The van der Waals surface area contributed by atoms with E-state index in [0.29, 0.717) is 5.52 Å². The zero-order chi connectivity index (χ0) is 9.84. The van der Waals surface area contributed by atoms with Crippen LogP contribution in [0.1, 0.15) is 0 Å². The van der Waals surface area contributed by atoms with Crippen molar-refractivity contribution in [1.82, 2.24) is 15.4 Å². The second-order valence-electron chi connectivity index (χ2n) is 2.05. The van der Waals surface area contributed by atoms with Gasteiger partial charge >= 0.3 is 0 Å². The van der Waals surface area contributed by atoms with Crippen molar-refractivity contribution in [2.75, 3.05) is 0 Å². The number of aromatic amines is 1. The molecule has 0 aliphatic carbocycles. The summed E-state index contributed by atoms with van der Waals surface area (Å²) in [5, 5.41) is 9.20. The van der Waals surface area contributed by atoms with E-state index in [0.717, 1.165) is 6.07 Å². The van der Waals surface area contributed by atoms with Crippen LogP contribution in [0.5, 0.6) is 0 Å². The number of aromatic nitrogens is 3. The van der Waals surface area contributed by atoms with Gasteiger partial charge in [-0.25, -0.2) is 8.78 Å². The van der Waals surface area contributed by atoms with E-state index in [1.54, 1.807) is 0 Å². The molecule has 0 bridgehead atoms. The van der Waals surface area contributed by atoms with E-state index in [1.807, 2.05) is 0 Å². The van der Waals surface area contributed by atoms with Crippen molar-refractivity contribution in [2.24, 2.45) is 0 Å². The van der Waals surface area contributed by atoms with Gasteiger partial charge in [-0.2, -0.15) is 23.1 Å². The van der Waals surface area contributed by atoms with E-state index in [4.69, 9.17) is 7.74 Å². The van der Waals surface area contributed by atoms with Crippen molar-refractivity contribution < 1.29 is 8.78 Å². The third-order valence-corrected chi connectivity index (χ3v) is 1.38. The van der Waals surface area contributed by atoms with E-state index >= 15 is 0 Å². The predicted molar refractivity (Wildman–Crippen MR) is 49.5 cm³/mol. The highest BCUT2D eigenvalue weighted by Crippen LogP contribution is 2.14. The molecule has 2 aromatic rings. The van der Waals surface area contributed by atoms with E-state index in [-0.39, 0.29) is 13.3 Å². The molecule has 0 amide bonds. The van der Waals surface area contributed by atoms with Crippen LogP contribution in [0.15, 0.2) is 12.1 Å². The number of rotatable bonds is 0. The standard InChI is InChI=1S/C6H3F2N3.B2H3/c7-3-1-2-4-6(5(3)8)10-11-9-4;1-2/h1-2H,(H,9,10,11);1H3/q;-1. The number of benzene rings is 1. The van der Waals surface area contributed by atoms with Crippen LogP contribution in [0, 0.1) is 11.6 Å². The Morgan fingerprint density at radius 1 is 1.23 bits per heavy atom. The molecule has 0 unspecified atom stereocenters. The SMILES string of the molecule is Fc1ccc2n[nH]nc2c1F.[B][BH3-]. The Labute approximate surface area is 75.3 Å². The van der Waals surface area contributed by atoms with Crippen molar-refractivity contribution >= 4 is 26.5 Å². The highest BCUT2D eigenvalue weighted by Gasteiger charge is 2.08. The summed E-state index contributed by atoms with van der Waals surface area (Å²) in [4.78, 5) is 0. The highest BCUT2D eigenvalue weighted by molar-refractivity contribution is 6.75. The molecule has 0 fully saturated rings. The second kappa shape index (κ2) is 4.02. The molecule has 0 aliphatic rings. The van der Waals surface area contributed by atoms with Crippen LogP contribution < -0.4 is 0 Å². The molecule has 2 rings (SSSR count). The molecule has 0 aliphatic heterocycles. The summed E-state index contributed by atoms with van der Waals surface area (Å²) in [5.74, 6) is -1.87. The van der Waals surface area contributed by atoms with E-state index in [1.165, 1.54) is 6.07 Å². The molecule has 7 heteroatoms. The van der Waals surface area contributed by atoms with Crippen LogP contribution in [-0.2, 0) is 0 Å². The second-order valence-corrected chi connectivity index (χ2v) is 2.05. The fourth-order valence-corrected chi connectivity index (χ4v) is 0.855. The third kappa shape index (κ3) is 1.68. The zero-order valence-corrected chi connectivity index (χ0v) is 5.88.